The van der Waals surface area contributed by atoms with E-state index in [1.807, 2.05) is 33.3 Å². The van der Waals surface area contributed by atoms with Gasteiger partial charge in [0, 0.05) is 12.8 Å². The van der Waals surface area contributed by atoms with Crippen molar-refractivity contribution >= 4 is 19.7 Å². The van der Waals surface area contributed by atoms with Crippen LogP contribution in [0.3, 0.4) is 0 Å². The zero-order valence-corrected chi connectivity index (χ0v) is 50.7. The van der Waals surface area contributed by atoms with Crippen LogP contribution < -0.4 is 5.32 Å². The standard InChI is InChI=1S/C65H119N2O7P/c1-7-10-13-16-19-22-25-28-30-32-33-35-37-40-43-46-49-52-55-58-65(69)74-63(56-53-50-47-44-41-38-27-24-21-18-15-12-9-3)62(61-73-75(70,71)72-60-59-67(4,5)6)66-64(68)57-54-51-48-45-42-39-36-34-31-29-26-23-20-17-14-11-8-2/h10,13,19,22,28,30,33,35,40,43,53,56,62-63H,7-9,11-12,14-18,20-21,23-27,29,31-32,34,36-39,41-42,44-52,54-55,57-61H2,1-6H3,(H-,66,68,70,71)/p+1/b13-10-,22-19-,30-28-,35-33-,43-40-,56-53+. The van der Waals surface area contributed by atoms with E-state index in [9.17, 15) is 19.0 Å². The largest absolute Gasteiger partial charge is 0.472 e. The number of quaternary nitrogens is 1. The first kappa shape index (κ1) is 72.5. The number of hydrogen-bond acceptors (Lipinski definition) is 6. The Kier molecular flexibility index (Phi) is 52.9. The van der Waals surface area contributed by atoms with Crippen molar-refractivity contribution in [3.63, 3.8) is 0 Å². The molecule has 0 aliphatic carbocycles. The summed E-state index contributed by atoms with van der Waals surface area (Å²) in [5, 5.41) is 3.05. The van der Waals surface area contributed by atoms with Crippen molar-refractivity contribution < 1.29 is 37.3 Å². The highest BCUT2D eigenvalue weighted by atomic mass is 31.2. The fourth-order valence-corrected chi connectivity index (χ4v) is 9.59. The molecule has 10 heteroatoms. The Balaban J connectivity index is 5.34. The fourth-order valence-electron chi connectivity index (χ4n) is 8.85. The average Bonchev–Trinajstić information content (AvgIpc) is 3.37. The highest BCUT2D eigenvalue weighted by Gasteiger charge is 2.30. The summed E-state index contributed by atoms with van der Waals surface area (Å²) in [7, 11) is 1.48. The maximum atomic E-state index is 13.5. The first-order valence-corrected chi connectivity index (χ1v) is 32.8. The molecule has 0 radical (unpaired) electrons. The molecule has 0 heterocycles. The van der Waals surface area contributed by atoms with E-state index in [2.05, 4.69) is 86.8 Å². The van der Waals surface area contributed by atoms with Crippen LogP contribution in [-0.2, 0) is 27.9 Å². The summed E-state index contributed by atoms with van der Waals surface area (Å²) in [6.45, 7) is 6.90. The van der Waals surface area contributed by atoms with Gasteiger partial charge in [0.15, 0.2) is 0 Å². The van der Waals surface area contributed by atoms with Gasteiger partial charge in [0.1, 0.15) is 19.3 Å². The summed E-state index contributed by atoms with van der Waals surface area (Å²) in [6.07, 6.45) is 70.4. The highest BCUT2D eigenvalue weighted by molar-refractivity contribution is 7.47. The van der Waals surface area contributed by atoms with E-state index in [1.165, 1.54) is 148 Å². The molecule has 0 fully saturated rings. The van der Waals surface area contributed by atoms with E-state index in [0.717, 1.165) is 89.9 Å². The number of allylic oxidation sites excluding steroid dienone is 11. The Morgan fingerprint density at radius 3 is 1.29 bits per heavy atom. The Bertz CT molecular complexity index is 1510. The molecule has 75 heavy (non-hydrogen) atoms. The van der Waals surface area contributed by atoms with Gasteiger partial charge in [-0.25, -0.2) is 4.57 Å². The number of esters is 1. The van der Waals surface area contributed by atoms with E-state index >= 15 is 0 Å². The number of likely N-dealkylation sites (N-methyl/N-ethyl adjacent to an activating group) is 1. The molecule has 3 atom stereocenters. The first-order chi connectivity index (χ1) is 36.4. The molecule has 0 bridgehead atoms. The van der Waals surface area contributed by atoms with Crippen molar-refractivity contribution in [1.82, 2.24) is 5.32 Å². The minimum atomic E-state index is -4.46. The molecule has 436 valence electrons. The van der Waals surface area contributed by atoms with Gasteiger partial charge in [-0.15, -0.1) is 0 Å². The number of unbranched alkanes of at least 4 members (excludes halogenated alkanes) is 30. The second-order valence-electron chi connectivity index (χ2n) is 22.2. The lowest BCUT2D eigenvalue weighted by atomic mass is 10.0. The summed E-state index contributed by atoms with van der Waals surface area (Å²) >= 11 is 0. The zero-order chi connectivity index (χ0) is 55.0. The van der Waals surface area contributed by atoms with Crippen LogP contribution in [0.2, 0.25) is 0 Å². The average molecular weight is 1070 g/mol. The Labute approximate surface area is 463 Å². The van der Waals surface area contributed by atoms with Crippen molar-refractivity contribution in [2.24, 2.45) is 0 Å². The van der Waals surface area contributed by atoms with Gasteiger partial charge in [-0.1, -0.05) is 261 Å². The van der Waals surface area contributed by atoms with Crippen LogP contribution in [-0.4, -0.2) is 74.3 Å². The lowest BCUT2D eigenvalue weighted by Gasteiger charge is -2.27. The number of carbonyl (C=O) groups is 2. The number of phosphoric acid groups is 1. The van der Waals surface area contributed by atoms with Gasteiger partial charge in [-0.3, -0.25) is 18.6 Å². The molecule has 0 aliphatic rings. The van der Waals surface area contributed by atoms with Crippen molar-refractivity contribution in [3.05, 3.63) is 72.9 Å². The maximum Gasteiger partial charge on any atom is 0.472 e. The number of ether oxygens (including phenoxy) is 1. The minimum absolute atomic E-state index is 0.0337. The molecule has 2 N–H and O–H groups in total. The van der Waals surface area contributed by atoms with Gasteiger partial charge < -0.3 is 19.4 Å². The Morgan fingerprint density at radius 1 is 0.480 bits per heavy atom. The van der Waals surface area contributed by atoms with E-state index in [-0.39, 0.29) is 31.5 Å². The molecule has 0 aromatic heterocycles. The van der Waals surface area contributed by atoms with Gasteiger partial charge in [0.2, 0.25) is 5.91 Å². The first-order valence-electron chi connectivity index (χ1n) is 31.3. The lowest BCUT2D eigenvalue weighted by Crippen LogP contribution is -2.47. The topological polar surface area (TPSA) is 111 Å². The second-order valence-corrected chi connectivity index (χ2v) is 23.7. The molecule has 9 nitrogen and oxygen atoms in total. The minimum Gasteiger partial charge on any atom is -0.456 e. The predicted octanol–water partition coefficient (Wildman–Crippen LogP) is 19.2. The van der Waals surface area contributed by atoms with E-state index in [0.29, 0.717) is 23.9 Å². The van der Waals surface area contributed by atoms with Gasteiger partial charge in [-0.2, -0.15) is 0 Å². The van der Waals surface area contributed by atoms with Gasteiger partial charge in [-0.05, 0) is 76.7 Å². The van der Waals surface area contributed by atoms with Gasteiger partial charge in [0.25, 0.3) is 0 Å². The highest BCUT2D eigenvalue weighted by Crippen LogP contribution is 2.43. The van der Waals surface area contributed by atoms with Crippen LogP contribution >= 0.6 is 7.82 Å². The van der Waals surface area contributed by atoms with E-state index < -0.39 is 20.0 Å². The maximum absolute atomic E-state index is 13.5. The van der Waals surface area contributed by atoms with E-state index in [4.69, 9.17) is 13.8 Å². The summed E-state index contributed by atoms with van der Waals surface area (Å²) in [5.74, 6) is -0.536. The van der Waals surface area contributed by atoms with Crippen molar-refractivity contribution in [1.29, 1.82) is 0 Å². The summed E-state index contributed by atoms with van der Waals surface area (Å²) in [5.41, 5.74) is 0. The molecule has 0 saturated carbocycles. The summed E-state index contributed by atoms with van der Waals surface area (Å²) in [4.78, 5) is 37.7. The molecule has 1 amide bonds. The predicted molar refractivity (Wildman–Crippen MR) is 323 cm³/mol. The number of rotatable bonds is 56. The number of hydrogen-bond donors (Lipinski definition) is 2. The monoisotopic (exact) mass is 1070 g/mol. The molecule has 0 saturated heterocycles. The molecule has 0 aromatic carbocycles. The van der Waals surface area contributed by atoms with Crippen LogP contribution in [0.15, 0.2) is 72.9 Å². The quantitative estimate of drug-likeness (QED) is 0.0205. The van der Waals surface area contributed by atoms with Crippen LogP contribution in [0.1, 0.15) is 278 Å². The molecule has 0 aromatic rings. The van der Waals surface area contributed by atoms with Crippen molar-refractivity contribution in [2.75, 3.05) is 40.9 Å². The van der Waals surface area contributed by atoms with Crippen molar-refractivity contribution in [2.45, 2.75) is 290 Å². The number of nitrogens with one attached hydrogen (secondary N) is 1. The van der Waals surface area contributed by atoms with Gasteiger partial charge in [0.05, 0.1) is 33.8 Å². The normalized spacial score (nSPS) is 14.2. The Hall–Kier alpha value is -2.55. The summed E-state index contributed by atoms with van der Waals surface area (Å²) < 4.78 is 30.7. The van der Waals surface area contributed by atoms with Crippen LogP contribution in [0.25, 0.3) is 0 Å². The zero-order valence-electron chi connectivity index (χ0n) is 49.8. The third-order valence-electron chi connectivity index (χ3n) is 13.7. The lowest BCUT2D eigenvalue weighted by molar-refractivity contribution is -0.870. The van der Waals surface area contributed by atoms with E-state index in [1.54, 1.807) is 0 Å². The number of carbonyl (C=O) groups excluding carboxylic acids is 2. The third-order valence-corrected chi connectivity index (χ3v) is 14.6. The molecular formula is C65H120N2O7P+. The smallest absolute Gasteiger partial charge is 0.456 e. The summed E-state index contributed by atoms with van der Waals surface area (Å²) in [6, 6.07) is -0.862. The molecular weight excluding hydrogens is 952 g/mol. The number of phosphoric ester groups is 1. The number of amides is 1. The van der Waals surface area contributed by atoms with Crippen LogP contribution in [0.5, 0.6) is 0 Å². The number of nitrogens with zero attached hydrogens (tertiary/aromatic N) is 1. The van der Waals surface area contributed by atoms with Gasteiger partial charge >= 0.3 is 13.8 Å². The Morgan fingerprint density at radius 2 is 0.853 bits per heavy atom. The molecule has 3 unspecified atom stereocenters. The van der Waals surface area contributed by atoms with Crippen molar-refractivity contribution in [3.8, 4) is 0 Å². The fraction of sp³-hybridized carbons (Fsp3) is 0.785. The van der Waals surface area contributed by atoms with Crippen LogP contribution in [0.4, 0.5) is 0 Å². The molecule has 0 spiro atoms. The molecule has 0 aliphatic heterocycles. The van der Waals surface area contributed by atoms with Crippen LogP contribution in [0, 0.1) is 0 Å². The third kappa shape index (κ3) is 56.0. The second kappa shape index (κ2) is 54.8. The SMILES string of the molecule is CC/C=C\C/C=C\C/C=C\C/C=C\C/C=C\CCCCCC(=O)OC(/C=C/CCCCCCCCCCCCC)C(COP(=O)(O)OCC[N+](C)(C)C)NC(=O)CCCCCCCCCCCCCCCCCCC. The molecule has 0 rings (SSSR count).